The number of anilines is 1. The van der Waals surface area contributed by atoms with Crippen molar-refractivity contribution in [1.29, 1.82) is 0 Å². The number of benzene rings is 1. The molecule has 1 amide bonds. The number of likely N-dealkylation sites (tertiary alicyclic amines) is 1. The molecule has 0 aliphatic carbocycles. The fraction of sp³-hybridized carbons (Fsp3) is 0.391. The molecule has 3 aromatic rings. The molecule has 0 radical (unpaired) electrons. The first kappa shape index (κ1) is 23.7. The Morgan fingerprint density at radius 1 is 1.21 bits per heavy atom. The number of ether oxygens (including phenoxy) is 1. The van der Waals surface area contributed by atoms with Crippen LogP contribution in [0.1, 0.15) is 19.8 Å². The van der Waals surface area contributed by atoms with Gasteiger partial charge in [-0.25, -0.2) is 27.9 Å². The zero-order valence-electron chi connectivity index (χ0n) is 19.5. The summed E-state index contributed by atoms with van der Waals surface area (Å²) in [5.74, 6) is 1.57. The van der Waals surface area contributed by atoms with Gasteiger partial charge in [0.05, 0.1) is 27.9 Å². The molecular formula is C23H28N6O4S. The molecule has 1 fully saturated rings. The summed E-state index contributed by atoms with van der Waals surface area (Å²) in [6.07, 6.45) is 5.81. The molecule has 0 spiro atoms. The van der Waals surface area contributed by atoms with Gasteiger partial charge in [-0.05, 0) is 49.9 Å². The molecule has 180 valence electrons. The third-order valence-electron chi connectivity index (χ3n) is 5.88. The van der Waals surface area contributed by atoms with Crippen molar-refractivity contribution in [3.63, 3.8) is 0 Å². The minimum atomic E-state index is -3.27. The number of sulfone groups is 1. The van der Waals surface area contributed by atoms with Crippen LogP contribution in [0.2, 0.25) is 0 Å². The van der Waals surface area contributed by atoms with Crippen molar-refractivity contribution in [2.75, 3.05) is 37.8 Å². The quantitative estimate of drug-likeness (QED) is 0.491. The van der Waals surface area contributed by atoms with Crippen LogP contribution in [0.25, 0.3) is 16.7 Å². The fourth-order valence-electron chi connectivity index (χ4n) is 4.14. The van der Waals surface area contributed by atoms with Gasteiger partial charge in [-0.15, -0.1) is 0 Å². The van der Waals surface area contributed by atoms with Crippen LogP contribution >= 0.6 is 0 Å². The normalized spacial score (nSPS) is 14.9. The van der Waals surface area contributed by atoms with Crippen LogP contribution < -0.4 is 4.90 Å². The lowest BCUT2D eigenvalue weighted by molar-refractivity contribution is 0.111. The van der Waals surface area contributed by atoms with Crippen LogP contribution in [0.15, 0.2) is 54.0 Å². The lowest BCUT2D eigenvalue weighted by atomic mass is 9.96. The predicted molar refractivity (Wildman–Crippen MR) is 129 cm³/mol. The van der Waals surface area contributed by atoms with Crippen molar-refractivity contribution in [2.45, 2.75) is 24.7 Å². The highest BCUT2D eigenvalue weighted by Crippen LogP contribution is 2.27. The summed E-state index contributed by atoms with van der Waals surface area (Å²) in [6.45, 7) is 7.35. The number of fused-ring (bicyclic) bond motifs is 1. The largest absolute Gasteiger partial charge is 0.416 e. The summed E-state index contributed by atoms with van der Waals surface area (Å²) in [5.41, 5.74) is 1.35. The Morgan fingerprint density at radius 2 is 1.88 bits per heavy atom. The summed E-state index contributed by atoms with van der Waals surface area (Å²) < 4.78 is 30.3. The number of carbonyl (C=O) groups is 1. The van der Waals surface area contributed by atoms with E-state index in [4.69, 9.17) is 4.74 Å². The van der Waals surface area contributed by atoms with Crippen LogP contribution in [0.4, 0.5) is 10.6 Å². The number of allylic oxidation sites excluding steroid dienone is 1. The third-order valence-corrected chi connectivity index (χ3v) is 7.01. The average molecular weight is 485 g/mol. The number of amides is 1. The molecule has 10 nitrogen and oxygen atoms in total. The van der Waals surface area contributed by atoms with Gasteiger partial charge in [-0.3, -0.25) is 0 Å². The number of nitrogens with zero attached hydrogens (tertiary/aromatic N) is 6. The Labute approximate surface area is 198 Å². The number of rotatable bonds is 6. The van der Waals surface area contributed by atoms with Gasteiger partial charge >= 0.3 is 6.09 Å². The molecule has 2 aromatic heterocycles. The number of aromatic nitrogens is 4. The Bertz CT molecular complexity index is 1310. The standard InChI is InChI=1S/C23H28N6O4S/c1-16(2)33-23(30)28-11-9-17(10-12-28)14-27(3)21-20-13-26-29(22(20)25-15-24-21)18-5-7-19(8-6-18)34(4,31)32/h5-8,13,15,17H,1,9-12,14H2,2-4H3. The van der Waals surface area contributed by atoms with E-state index in [2.05, 4.69) is 26.5 Å². The van der Waals surface area contributed by atoms with Crippen molar-refractivity contribution in [3.8, 4) is 5.69 Å². The third kappa shape index (κ3) is 5.04. The van der Waals surface area contributed by atoms with Gasteiger partial charge < -0.3 is 14.5 Å². The van der Waals surface area contributed by atoms with E-state index < -0.39 is 9.84 Å². The van der Waals surface area contributed by atoms with Crippen molar-refractivity contribution in [3.05, 3.63) is 49.1 Å². The van der Waals surface area contributed by atoms with E-state index in [1.54, 1.807) is 47.0 Å². The Hall–Kier alpha value is -3.47. The minimum Gasteiger partial charge on any atom is -0.416 e. The number of piperidine rings is 1. The molecule has 0 saturated carbocycles. The zero-order valence-corrected chi connectivity index (χ0v) is 20.3. The smallest absolute Gasteiger partial charge is 0.414 e. The second-order valence-electron chi connectivity index (χ2n) is 8.64. The SMILES string of the molecule is C=C(C)OC(=O)N1CCC(CN(C)c2ncnc3c2cnn3-c2ccc(S(C)(=O)=O)cc2)CC1. The van der Waals surface area contributed by atoms with Crippen LogP contribution in [-0.4, -0.2) is 72.1 Å². The van der Waals surface area contributed by atoms with Crippen LogP contribution in [-0.2, 0) is 14.6 Å². The van der Waals surface area contributed by atoms with E-state index >= 15 is 0 Å². The van der Waals surface area contributed by atoms with E-state index in [0.717, 1.165) is 30.6 Å². The first-order valence-electron chi connectivity index (χ1n) is 11.0. The van der Waals surface area contributed by atoms with Gasteiger partial charge in [0.2, 0.25) is 0 Å². The zero-order chi connectivity index (χ0) is 24.5. The molecule has 1 saturated heterocycles. The molecule has 4 rings (SSSR count). The first-order chi connectivity index (χ1) is 16.1. The minimum absolute atomic E-state index is 0.252. The molecule has 3 heterocycles. The van der Waals surface area contributed by atoms with Crippen molar-refractivity contribution < 1.29 is 17.9 Å². The average Bonchev–Trinajstić information content (AvgIpc) is 3.23. The van der Waals surface area contributed by atoms with E-state index in [0.29, 0.717) is 36.1 Å². The summed E-state index contributed by atoms with van der Waals surface area (Å²) in [4.78, 5) is 25.0. The molecule has 11 heteroatoms. The molecular weight excluding hydrogens is 456 g/mol. The Balaban J connectivity index is 1.47. The number of carbonyl (C=O) groups excluding carboxylic acids is 1. The number of hydrogen-bond acceptors (Lipinski definition) is 8. The monoisotopic (exact) mass is 484 g/mol. The van der Waals surface area contributed by atoms with E-state index in [-0.39, 0.29) is 11.0 Å². The summed E-state index contributed by atoms with van der Waals surface area (Å²) in [7, 11) is -1.28. The first-order valence-corrected chi connectivity index (χ1v) is 12.8. The molecule has 0 unspecified atom stereocenters. The van der Waals surface area contributed by atoms with Gasteiger partial charge in [0.1, 0.15) is 12.1 Å². The van der Waals surface area contributed by atoms with E-state index in [9.17, 15) is 13.2 Å². The van der Waals surface area contributed by atoms with Gasteiger partial charge in [0.15, 0.2) is 15.5 Å². The molecule has 0 N–H and O–H groups in total. The second kappa shape index (κ2) is 9.41. The number of hydrogen-bond donors (Lipinski definition) is 0. The molecule has 1 aliphatic rings. The lowest BCUT2D eigenvalue weighted by Crippen LogP contribution is -2.41. The van der Waals surface area contributed by atoms with Crippen LogP contribution in [0.5, 0.6) is 0 Å². The summed E-state index contributed by atoms with van der Waals surface area (Å²) in [6, 6.07) is 6.54. The summed E-state index contributed by atoms with van der Waals surface area (Å²) in [5, 5.41) is 5.28. The van der Waals surface area contributed by atoms with Gasteiger partial charge in [0.25, 0.3) is 0 Å². The van der Waals surface area contributed by atoms with Gasteiger partial charge in [0, 0.05) is 32.9 Å². The molecule has 0 atom stereocenters. The maximum atomic E-state index is 12.1. The second-order valence-corrected chi connectivity index (χ2v) is 10.7. The van der Waals surface area contributed by atoms with E-state index in [1.165, 1.54) is 12.6 Å². The topological polar surface area (TPSA) is 111 Å². The fourth-order valence-corrected chi connectivity index (χ4v) is 4.78. The van der Waals surface area contributed by atoms with Crippen LogP contribution in [0, 0.1) is 5.92 Å². The van der Waals surface area contributed by atoms with Gasteiger partial charge in [-0.1, -0.05) is 6.58 Å². The van der Waals surface area contributed by atoms with Crippen molar-refractivity contribution in [1.82, 2.24) is 24.6 Å². The predicted octanol–water partition coefficient (Wildman–Crippen LogP) is 3.04. The van der Waals surface area contributed by atoms with Crippen molar-refractivity contribution in [2.24, 2.45) is 5.92 Å². The highest BCUT2D eigenvalue weighted by molar-refractivity contribution is 7.90. The maximum absolute atomic E-state index is 12.1. The van der Waals surface area contributed by atoms with Gasteiger partial charge in [-0.2, -0.15) is 5.10 Å². The molecule has 1 aliphatic heterocycles. The Morgan fingerprint density at radius 3 is 2.50 bits per heavy atom. The van der Waals surface area contributed by atoms with Crippen molar-refractivity contribution >= 4 is 32.8 Å². The maximum Gasteiger partial charge on any atom is 0.414 e. The highest BCUT2D eigenvalue weighted by atomic mass is 32.2. The highest BCUT2D eigenvalue weighted by Gasteiger charge is 2.26. The molecule has 0 bridgehead atoms. The van der Waals surface area contributed by atoms with Crippen LogP contribution in [0.3, 0.4) is 0 Å². The Kier molecular flexibility index (Phi) is 6.56. The molecule has 1 aromatic carbocycles. The summed E-state index contributed by atoms with van der Waals surface area (Å²) >= 11 is 0. The lowest BCUT2D eigenvalue weighted by Gasteiger charge is -2.33. The molecule has 34 heavy (non-hydrogen) atoms. The van der Waals surface area contributed by atoms with E-state index in [1.807, 2.05) is 7.05 Å².